The molecular weight excluding hydrogens is 448 g/mol. The van der Waals surface area contributed by atoms with E-state index < -0.39 is 0 Å². The number of nitrogens with zero attached hydrogens (tertiary/aromatic N) is 2. The largest absolute Gasteiger partial charge is 0.376 e. The Kier molecular flexibility index (Phi) is 5.14. The summed E-state index contributed by atoms with van der Waals surface area (Å²) in [5.41, 5.74) is 13.0. The predicted octanol–water partition coefficient (Wildman–Crippen LogP) is 8.99. The summed E-state index contributed by atoms with van der Waals surface area (Å²) in [5, 5.41) is 2.61. The van der Waals surface area contributed by atoms with Crippen LogP contribution in [-0.4, -0.2) is 16.5 Å². The van der Waals surface area contributed by atoms with Gasteiger partial charge in [0.25, 0.3) is 0 Å². The van der Waals surface area contributed by atoms with E-state index in [1.54, 1.807) is 0 Å². The minimum Gasteiger partial charge on any atom is -0.376 e. The van der Waals surface area contributed by atoms with Crippen molar-refractivity contribution >= 4 is 33.0 Å². The zero-order valence-corrected chi connectivity index (χ0v) is 21.4. The van der Waals surface area contributed by atoms with Gasteiger partial charge in [0.15, 0.2) is 0 Å². The van der Waals surface area contributed by atoms with Crippen LogP contribution in [0.2, 0.25) is 0 Å². The van der Waals surface area contributed by atoms with Crippen molar-refractivity contribution in [3.05, 3.63) is 126 Å². The molecule has 2 nitrogen and oxygen atoms in total. The molecular formula is C35H30N2. The normalized spacial score (nSPS) is 15.1. The van der Waals surface area contributed by atoms with Crippen molar-refractivity contribution < 1.29 is 0 Å². The average Bonchev–Trinajstić information content (AvgIpc) is 3.26. The molecule has 0 atom stereocenters. The number of hydrogen-bond donors (Lipinski definition) is 0. The van der Waals surface area contributed by atoms with Crippen LogP contribution in [-0.2, 0) is 6.54 Å². The molecule has 1 aliphatic heterocycles. The smallest absolute Gasteiger partial charge is 0.0541 e. The molecule has 2 heteroatoms. The molecule has 0 saturated heterocycles. The SMILES string of the molecule is CC1=CN(C)Cc2cc(-n3c4ccc(C5=CC=CCC5)cc4c4cc(-c5ccccc5)ccc43)ccc21. The lowest BCUT2D eigenvalue weighted by Gasteiger charge is -2.25. The fourth-order valence-corrected chi connectivity index (χ4v) is 6.10. The molecule has 1 aromatic heterocycles. The van der Waals surface area contributed by atoms with Crippen LogP contribution in [0.1, 0.15) is 36.5 Å². The summed E-state index contributed by atoms with van der Waals surface area (Å²) in [4.78, 5) is 2.28. The molecule has 0 bridgehead atoms. The second-order valence-electron chi connectivity index (χ2n) is 10.4. The maximum absolute atomic E-state index is 2.45. The van der Waals surface area contributed by atoms with Gasteiger partial charge in [0.05, 0.1) is 11.0 Å². The Hall–Kier alpha value is -4.30. The lowest BCUT2D eigenvalue weighted by Crippen LogP contribution is -2.16. The predicted molar refractivity (Wildman–Crippen MR) is 158 cm³/mol. The Bertz CT molecular complexity index is 1760. The second kappa shape index (κ2) is 8.67. The lowest BCUT2D eigenvalue weighted by molar-refractivity contribution is 0.445. The van der Waals surface area contributed by atoms with Crippen molar-refractivity contribution in [1.29, 1.82) is 0 Å². The molecule has 7 rings (SSSR count). The highest BCUT2D eigenvalue weighted by atomic mass is 15.1. The van der Waals surface area contributed by atoms with Crippen LogP contribution in [0.15, 0.2) is 109 Å². The van der Waals surface area contributed by atoms with Gasteiger partial charge in [-0.2, -0.15) is 0 Å². The van der Waals surface area contributed by atoms with Gasteiger partial charge in [0, 0.05) is 36.3 Å². The van der Waals surface area contributed by atoms with Crippen molar-refractivity contribution in [2.24, 2.45) is 0 Å². The van der Waals surface area contributed by atoms with E-state index in [9.17, 15) is 0 Å². The summed E-state index contributed by atoms with van der Waals surface area (Å²) in [6.45, 7) is 3.14. The van der Waals surface area contributed by atoms with Crippen molar-refractivity contribution in [1.82, 2.24) is 9.47 Å². The van der Waals surface area contributed by atoms with E-state index in [1.165, 1.54) is 66.5 Å². The maximum Gasteiger partial charge on any atom is 0.0541 e. The first-order chi connectivity index (χ1) is 18.2. The summed E-state index contributed by atoms with van der Waals surface area (Å²) in [7, 11) is 2.15. The first-order valence-corrected chi connectivity index (χ1v) is 13.2. The minimum atomic E-state index is 0.932. The molecule has 0 unspecified atom stereocenters. The van der Waals surface area contributed by atoms with Gasteiger partial charge in [-0.25, -0.2) is 0 Å². The molecule has 4 aromatic carbocycles. The monoisotopic (exact) mass is 478 g/mol. The first kappa shape index (κ1) is 21.9. The summed E-state index contributed by atoms with van der Waals surface area (Å²) >= 11 is 0. The fraction of sp³-hybridized carbons (Fsp3) is 0.143. The van der Waals surface area contributed by atoms with Crippen molar-refractivity contribution in [3.63, 3.8) is 0 Å². The number of hydrogen-bond acceptors (Lipinski definition) is 1. The molecule has 2 heterocycles. The van der Waals surface area contributed by atoms with Crippen LogP contribution in [0.5, 0.6) is 0 Å². The van der Waals surface area contributed by atoms with Gasteiger partial charge in [0.2, 0.25) is 0 Å². The molecule has 1 aliphatic carbocycles. The van der Waals surface area contributed by atoms with Crippen LogP contribution in [0.25, 0.3) is 49.8 Å². The number of aromatic nitrogens is 1. The Labute approximate surface area is 218 Å². The highest BCUT2D eigenvalue weighted by molar-refractivity contribution is 6.11. The van der Waals surface area contributed by atoms with Gasteiger partial charge < -0.3 is 9.47 Å². The number of rotatable bonds is 3. The number of benzene rings is 4. The van der Waals surface area contributed by atoms with E-state index in [0.717, 1.165) is 19.4 Å². The maximum atomic E-state index is 2.45. The lowest BCUT2D eigenvalue weighted by atomic mass is 9.95. The Morgan fingerprint density at radius 3 is 2.24 bits per heavy atom. The summed E-state index contributed by atoms with van der Waals surface area (Å²) in [5.74, 6) is 0. The van der Waals surface area contributed by atoms with Crippen molar-refractivity contribution in [2.75, 3.05) is 7.05 Å². The minimum absolute atomic E-state index is 0.932. The molecule has 0 fully saturated rings. The third kappa shape index (κ3) is 3.72. The van der Waals surface area contributed by atoms with E-state index in [4.69, 9.17) is 0 Å². The van der Waals surface area contributed by atoms with Gasteiger partial charge in [0.1, 0.15) is 0 Å². The Morgan fingerprint density at radius 1 is 0.730 bits per heavy atom. The molecule has 37 heavy (non-hydrogen) atoms. The second-order valence-corrected chi connectivity index (χ2v) is 10.4. The van der Waals surface area contributed by atoms with Gasteiger partial charge in [-0.1, -0.05) is 66.8 Å². The quantitative estimate of drug-likeness (QED) is 0.251. The van der Waals surface area contributed by atoms with Gasteiger partial charge in [-0.05, 0) is 95.1 Å². The highest BCUT2D eigenvalue weighted by Gasteiger charge is 2.18. The van der Waals surface area contributed by atoms with Crippen molar-refractivity contribution in [2.45, 2.75) is 26.3 Å². The molecule has 0 saturated carbocycles. The summed E-state index contributed by atoms with van der Waals surface area (Å²) in [6.07, 6.45) is 11.2. The van der Waals surface area contributed by atoms with Gasteiger partial charge in [-0.3, -0.25) is 0 Å². The highest BCUT2D eigenvalue weighted by Crippen LogP contribution is 2.38. The molecule has 0 amide bonds. The number of allylic oxidation sites excluding steroid dienone is 5. The molecule has 0 radical (unpaired) electrons. The summed E-state index contributed by atoms with van der Waals surface area (Å²) < 4.78 is 2.45. The van der Waals surface area contributed by atoms with Crippen LogP contribution in [0.3, 0.4) is 0 Å². The van der Waals surface area contributed by atoms with Crippen LogP contribution < -0.4 is 0 Å². The first-order valence-electron chi connectivity index (χ1n) is 13.2. The van der Waals surface area contributed by atoms with E-state index in [1.807, 2.05) is 0 Å². The third-order valence-corrected chi connectivity index (χ3v) is 7.86. The molecule has 2 aliphatic rings. The topological polar surface area (TPSA) is 8.17 Å². The van der Waals surface area contributed by atoms with Crippen LogP contribution in [0.4, 0.5) is 0 Å². The molecule has 5 aromatic rings. The summed E-state index contributed by atoms with van der Waals surface area (Å²) in [6, 6.07) is 31.7. The van der Waals surface area contributed by atoms with Crippen molar-refractivity contribution in [3.8, 4) is 16.8 Å². The molecule has 0 N–H and O–H groups in total. The third-order valence-electron chi connectivity index (χ3n) is 7.86. The average molecular weight is 479 g/mol. The zero-order chi connectivity index (χ0) is 24.9. The van der Waals surface area contributed by atoms with E-state index >= 15 is 0 Å². The van der Waals surface area contributed by atoms with Gasteiger partial charge in [-0.15, -0.1) is 0 Å². The van der Waals surface area contributed by atoms with E-state index in [-0.39, 0.29) is 0 Å². The molecule has 180 valence electrons. The molecule has 0 spiro atoms. The van der Waals surface area contributed by atoms with Crippen LogP contribution in [0, 0.1) is 0 Å². The van der Waals surface area contributed by atoms with Gasteiger partial charge >= 0.3 is 0 Å². The van der Waals surface area contributed by atoms with E-state index in [2.05, 4.69) is 133 Å². The fourth-order valence-electron chi connectivity index (χ4n) is 6.10. The van der Waals surface area contributed by atoms with Crippen LogP contribution >= 0.6 is 0 Å². The number of fused-ring (bicyclic) bond motifs is 4. The zero-order valence-electron chi connectivity index (χ0n) is 21.4. The Morgan fingerprint density at radius 2 is 1.49 bits per heavy atom. The Balaban J connectivity index is 1.48. The van der Waals surface area contributed by atoms with E-state index in [0.29, 0.717) is 0 Å². The standard InChI is InChI=1S/C35H30N2/c1-24-22-36(2)23-29-19-30(15-16-31(24)29)37-34-17-13-27(25-9-5-3-6-10-25)20-32(34)33-21-28(14-18-35(33)37)26-11-7-4-8-12-26/h3-7,9-11,13-22H,8,12,23H2,1-2H3.